The number of nitrogens with zero attached hydrogens (tertiary/aromatic N) is 2. The molecule has 6 heteroatoms. The van der Waals surface area contributed by atoms with Gasteiger partial charge in [0.1, 0.15) is 0 Å². The van der Waals surface area contributed by atoms with E-state index < -0.39 is 0 Å². The zero-order valence-electron chi connectivity index (χ0n) is 11.6. The van der Waals surface area contributed by atoms with Crippen LogP contribution in [0.4, 0.5) is 5.69 Å². The van der Waals surface area contributed by atoms with Gasteiger partial charge in [-0.3, -0.25) is 15.0 Å². The second-order valence-corrected chi connectivity index (χ2v) is 6.03. The second kappa shape index (κ2) is 6.34. The average molecular weight is 303 g/mol. The number of nitro groups is 1. The molecule has 0 saturated carbocycles. The van der Waals surface area contributed by atoms with E-state index in [2.05, 4.69) is 27.7 Å². The van der Waals surface area contributed by atoms with Gasteiger partial charge in [-0.2, -0.15) is 0 Å². The lowest BCUT2D eigenvalue weighted by atomic mass is 10.0. The highest BCUT2D eigenvalue weighted by Crippen LogP contribution is 2.32. The molecule has 1 aliphatic rings. The lowest BCUT2D eigenvalue weighted by Gasteiger charge is -2.34. The van der Waals surface area contributed by atoms with Crippen molar-refractivity contribution in [1.29, 1.82) is 0 Å². The van der Waals surface area contributed by atoms with Crippen LogP contribution in [0, 0.1) is 10.1 Å². The van der Waals surface area contributed by atoms with Gasteiger partial charge in [0, 0.05) is 43.2 Å². The van der Waals surface area contributed by atoms with Crippen molar-refractivity contribution in [2.24, 2.45) is 0 Å². The molecule has 0 spiro atoms. The largest absolute Gasteiger partial charge is 0.314 e. The van der Waals surface area contributed by atoms with E-state index in [1.807, 2.05) is 12.1 Å². The molecule has 3 rings (SSSR count). The maximum absolute atomic E-state index is 10.8. The zero-order valence-corrected chi connectivity index (χ0v) is 12.4. The van der Waals surface area contributed by atoms with Crippen LogP contribution >= 0.6 is 11.3 Å². The lowest BCUT2D eigenvalue weighted by Crippen LogP contribution is -2.45. The molecule has 5 nitrogen and oxygen atoms in total. The van der Waals surface area contributed by atoms with E-state index in [0.29, 0.717) is 0 Å². The minimum absolute atomic E-state index is 0.143. The van der Waals surface area contributed by atoms with Crippen LogP contribution in [-0.2, 0) is 0 Å². The number of rotatable bonds is 4. The van der Waals surface area contributed by atoms with E-state index in [9.17, 15) is 10.1 Å². The van der Waals surface area contributed by atoms with Gasteiger partial charge in [-0.25, -0.2) is 0 Å². The fourth-order valence-electron chi connectivity index (χ4n) is 2.72. The van der Waals surface area contributed by atoms with Crippen molar-refractivity contribution in [1.82, 2.24) is 10.2 Å². The van der Waals surface area contributed by atoms with E-state index in [1.54, 1.807) is 23.5 Å². The summed E-state index contributed by atoms with van der Waals surface area (Å²) >= 11 is 1.73. The number of piperazine rings is 1. The highest BCUT2D eigenvalue weighted by Gasteiger charge is 2.25. The lowest BCUT2D eigenvalue weighted by molar-refractivity contribution is -0.384. The molecule has 1 aromatic heterocycles. The quantitative estimate of drug-likeness (QED) is 0.697. The molecule has 21 heavy (non-hydrogen) atoms. The molecule has 1 N–H and O–H groups in total. The first-order valence-corrected chi connectivity index (χ1v) is 7.86. The van der Waals surface area contributed by atoms with Gasteiger partial charge in [0.15, 0.2) is 0 Å². The molecule has 1 aromatic carbocycles. The van der Waals surface area contributed by atoms with Crippen LogP contribution in [-0.4, -0.2) is 36.0 Å². The Kier molecular flexibility index (Phi) is 4.28. The molecule has 1 saturated heterocycles. The van der Waals surface area contributed by atoms with Crippen LogP contribution < -0.4 is 5.32 Å². The maximum atomic E-state index is 10.8. The Morgan fingerprint density at radius 3 is 2.48 bits per heavy atom. The maximum Gasteiger partial charge on any atom is 0.269 e. The van der Waals surface area contributed by atoms with Gasteiger partial charge in [0.05, 0.1) is 11.0 Å². The molecule has 2 heterocycles. The molecular formula is C15H17N3O2S. The van der Waals surface area contributed by atoms with Crippen molar-refractivity contribution < 1.29 is 4.92 Å². The van der Waals surface area contributed by atoms with Gasteiger partial charge in [0.2, 0.25) is 0 Å². The monoisotopic (exact) mass is 303 g/mol. The van der Waals surface area contributed by atoms with Crippen molar-refractivity contribution in [3.63, 3.8) is 0 Å². The summed E-state index contributed by atoms with van der Waals surface area (Å²) in [5.74, 6) is 0. The Morgan fingerprint density at radius 2 is 1.90 bits per heavy atom. The molecule has 0 radical (unpaired) electrons. The molecular weight excluding hydrogens is 286 g/mol. The summed E-state index contributed by atoms with van der Waals surface area (Å²) in [5, 5.41) is 16.2. The summed E-state index contributed by atoms with van der Waals surface area (Å²) in [6.07, 6.45) is 0. The van der Waals surface area contributed by atoms with Crippen molar-refractivity contribution in [3.8, 4) is 0 Å². The fraction of sp³-hybridized carbons (Fsp3) is 0.333. The SMILES string of the molecule is O=[N+]([O-])c1ccc([C@H](c2cccs2)N2CCNCC2)cc1. The highest BCUT2D eigenvalue weighted by molar-refractivity contribution is 7.10. The molecule has 1 fully saturated rings. The first-order chi connectivity index (χ1) is 10.3. The molecule has 0 unspecified atom stereocenters. The normalized spacial score (nSPS) is 17.5. The summed E-state index contributed by atoms with van der Waals surface area (Å²) < 4.78 is 0. The predicted octanol–water partition coefficient (Wildman–Crippen LogP) is 2.65. The molecule has 110 valence electrons. The van der Waals surface area contributed by atoms with E-state index in [1.165, 1.54) is 4.88 Å². The van der Waals surface area contributed by atoms with Crippen molar-refractivity contribution in [2.45, 2.75) is 6.04 Å². The van der Waals surface area contributed by atoms with E-state index in [4.69, 9.17) is 0 Å². The minimum atomic E-state index is -0.352. The molecule has 0 aliphatic carbocycles. The zero-order chi connectivity index (χ0) is 14.7. The third-order valence-corrected chi connectivity index (χ3v) is 4.67. The predicted molar refractivity (Wildman–Crippen MR) is 83.7 cm³/mol. The minimum Gasteiger partial charge on any atom is -0.314 e. The smallest absolute Gasteiger partial charge is 0.269 e. The second-order valence-electron chi connectivity index (χ2n) is 5.05. The fourth-order valence-corrected chi connectivity index (χ4v) is 3.61. The number of thiophene rings is 1. The van der Waals surface area contributed by atoms with Crippen molar-refractivity contribution in [2.75, 3.05) is 26.2 Å². The van der Waals surface area contributed by atoms with Crippen LogP contribution in [0.2, 0.25) is 0 Å². The molecule has 1 aliphatic heterocycles. The number of nitrogens with one attached hydrogen (secondary N) is 1. The van der Waals surface area contributed by atoms with Crippen LogP contribution in [0.15, 0.2) is 41.8 Å². The van der Waals surface area contributed by atoms with Crippen LogP contribution in [0.25, 0.3) is 0 Å². The van der Waals surface area contributed by atoms with Crippen molar-refractivity contribution in [3.05, 3.63) is 62.3 Å². The third-order valence-electron chi connectivity index (χ3n) is 3.75. The van der Waals surface area contributed by atoms with Gasteiger partial charge < -0.3 is 5.32 Å². The number of benzene rings is 1. The standard InChI is InChI=1S/C15H17N3O2S/c19-18(20)13-5-3-12(4-6-13)15(14-2-1-11-21-14)17-9-7-16-8-10-17/h1-6,11,15-16H,7-10H2/t15-/m1/s1. The Hall–Kier alpha value is -1.76. The number of non-ortho nitro benzene ring substituents is 1. The Labute approximate surface area is 127 Å². The molecule has 1 atom stereocenters. The Morgan fingerprint density at radius 1 is 1.19 bits per heavy atom. The molecule has 0 bridgehead atoms. The Bertz CT molecular complexity index is 592. The topological polar surface area (TPSA) is 58.4 Å². The van der Waals surface area contributed by atoms with E-state index >= 15 is 0 Å². The molecule has 0 amide bonds. The summed E-state index contributed by atoms with van der Waals surface area (Å²) in [6, 6.07) is 11.3. The summed E-state index contributed by atoms with van der Waals surface area (Å²) in [4.78, 5) is 14.2. The van der Waals surface area contributed by atoms with E-state index in [-0.39, 0.29) is 16.7 Å². The Balaban J connectivity index is 1.92. The first-order valence-electron chi connectivity index (χ1n) is 6.98. The van der Waals surface area contributed by atoms with Gasteiger partial charge in [-0.1, -0.05) is 18.2 Å². The number of hydrogen-bond donors (Lipinski definition) is 1. The van der Waals surface area contributed by atoms with E-state index in [0.717, 1.165) is 31.7 Å². The van der Waals surface area contributed by atoms with Gasteiger partial charge in [-0.05, 0) is 17.0 Å². The highest BCUT2D eigenvalue weighted by atomic mass is 32.1. The van der Waals surface area contributed by atoms with Crippen LogP contribution in [0.5, 0.6) is 0 Å². The molecule has 2 aromatic rings. The number of hydrogen-bond acceptors (Lipinski definition) is 5. The van der Waals surface area contributed by atoms with Crippen LogP contribution in [0.1, 0.15) is 16.5 Å². The first kappa shape index (κ1) is 14.2. The van der Waals surface area contributed by atoms with Gasteiger partial charge in [-0.15, -0.1) is 11.3 Å². The van der Waals surface area contributed by atoms with Crippen LogP contribution in [0.3, 0.4) is 0 Å². The van der Waals surface area contributed by atoms with Gasteiger partial charge >= 0.3 is 0 Å². The summed E-state index contributed by atoms with van der Waals surface area (Å²) in [5.41, 5.74) is 1.26. The van der Waals surface area contributed by atoms with Gasteiger partial charge in [0.25, 0.3) is 5.69 Å². The number of nitro benzene ring substituents is 1. The third kappa shape index (κ3) is 3.12. The summed E-state index contributed by atoms with van der Waals surface area (Å²) in [7, 11) is 0. The average Bonchev–Trinajstić information content (AvgIpc) is 3.03. The summed E-state index contributed by atoms with van der Waals surface area (Å²) in [6.45, 7) is 3.93. The van der Waals surface area contributed by atoms with Crippen molar-refractivity contribution >= 4 is 17.0 Å².